The molecule has 2 N–H and O–H groups in total. The SMILES string of the molecule is COc1ccc(N2CCN(C3NC(=O)CC(c4ccccc4OC)N3)CC2)cc1. The molecule has 0 radical (unpaired) electrons. The molecule has 0 aromatic heterocycles. The second-order valence-corrected chi connectivity index (χ2v) is 7.36. The van der Waals surface area contributed by atoms with Crippen LogP contribution in [-0.2, 0) is 4.79 Å². The molecule has 29 heavy (non-hydrogen) atoms. The monoisotopic (exact) mass is 396 g/mol. The lowest BCUT2D eigenvalue weighted by Crippen LogP contribution is -2.64. The normalized spacial score (nSPS) is 22.8. The number of ether oxygens (including phenoxy) is 2. The topological polar surface area (TPSA) is 66.1 Å². The number of anilines is 1. The second kappa shape index (κ2) is 8.71. The molecular weight excluding hydrogens is 368 g/mol. The van der Waals surface area contributed by atoms with Crippen molar-refractivity contribution in [3.63, 3.8) is 0 Å². The highest BCUT2D eigenvalue weighted by atomic mass is 16.5. The molecule has 2 aromatic rings. The highest BCUT2D eigenvalue weighted by molar-refractivity contribution is 5.78. The van der Waals surface area contributed by atoms with Gasteiger partial charge in [0, 0.05) is 49.9 Å². The predicted octanol–water partition coefficient (Wildman–Crippen LogP) is 1.96. The zero-order valence-corrected chi connectivity index (χ0v) is 16.9. The van der Waals surface area contributed by atoms with Crippen LogP contribution in [0.25, 0.3) is 0 Å². The third-order valence-corrected chi connectivity index (χ3v) is 5.68. The Hall–Kier alpha value is -2.77. The summed E-state index contributed by atoms with van der Waals surface area (Å²) in [7, 11) is 3.34. The van der Waals surface area contributed by atoms with E-state index in [2.05, 4.69) is 32.6 Å². The Morgan fingerprint density at radius 2 is 1.66 bits per heavy atom. The number of amides is 1. The van der Waals surface area contributed by atoms with Crippen LogP contribution in [0.5, 0.6) is 11.5 Å². The average molecular weight is 396 g/mol. The number of rotatable bonds is 5. The standard InChI is InChI=1S/C22H28N4O3/c1-28-17-9-7-16(8-10-17)25-11-13-26(14-12-25)22-23-19(15-21(27)24-22)18-5-3-4-6-20(18)29-2/h3-10,19,22-23H,11-15H2,1-2H3,(H,24,27). The van der Waals surface area contributed by atoms with E-state index in [0.717, 1.165) is 43.2 Å². The minimum absolute atomic E-state index is 0.0576. The van der Waals surface area contributed by atoms with E-state index in [-0.39, 0.29) is 18.2 Å². The van der Waals surface area contributed by atoms with Crippen LogP contribution < -0.4 is 25.0 Å². The maximum Gasteiger partial charge on any atom is 0.224 e. The Balaban J connectivity index is 1.40. The molecule has 2 unspecified atom stereocenters. The van der Waals surface area contributed by atoms with Gasteiger partial charge in [-0.1, -0.05) is 18.2 Å². The molecule has 0 spiro atoms. The van der Waals surface area contributed by atoms with Crippen molar-refractivity contribution in [3.8, 4) is 11.5 Å². The van der Waals surface area contributed by atoms with Gasteiger partial charge in [-0.3, -0.25) is 15.0 Å². The molecule has 7 nitrogen and oxygen atoms in total. The van der Waals surface area contributed by atoms with Crippen molar-refractivity contribution in [3.05, 3.63) is 54.1 Å². The van der Waals surface area contributed by atoms with E-state index in [1.54, 1.807) is 14.2 Å². The Labute approximate surface area is 171 Å². The highest BCUT2D eigenvalue weighted by Crippen LogP contribution is 2.29. The zero-order chi connectivity index (χ0) is 20.2. The smallest absolute Gasteiger partial charge is 0.224 e. The first kappa shape index (κ1) is 19.5. The molecular formula is C22H28N4O3. The molecule has 2 aliphatic rings. The number of piperazine rings is 1. The van der Waals surface area contributed by atoms with E-state index in [9.17, 15) is 4.79 Å². The summed E-state index contributed by atoms with van der Waals surface area (Å²) in [6, 6.07) is 16.0. The van der Waals surface area contributed by atoms with Gasteiger partial charge in [0.2, 0.25) is 5.91 Å². The number of methoxy groups -OCH3 is 2. The number of hydrogen-bond donors (Lipinski definition) is 2. The summed E-state index contributed by atoms with van der Waals surface area (Å²) in [5.74, 6) is 1.73. The second-order valence-electron chi connectivity index (χ2n) is 7.36. The van der Waals surface area contributed by atoms with E-state index in [4.69, 9.17) is 9.47 Å². The first-order valence-electron chi connectivity index (χ1n) is 9.99. The average Bonchev–Trinajstić information content (AvgIpc) is 2.79. The molecule has 2 atom stereocenters. The van der Waals surface area contributed by atoms with Crippen LogP contribution in [0, 0.1) is 0 Å². The molecule has 2 aliphatic heterocycles. The van der Waals surface area contributed by atoms with Gasteiger partial charge in [0.25, 0.3) is 0 Å². The van der Waals surface area contributed by atoms with Gasteiger partial charge in [0.1, 0.15) is 17.8 Å². The van der Waals surface area contributed by atoms with E-state index < -0.39 is 0 Å². The van der Waals surface area contributed by atoms with Crippen LogP contribution in [0.4, 0.5) is 5.69 Å². The summed E-state index contributed by atoms with van der Waals surface area (Å²) in [6.45, 7) is 3.53. The molecule has 0 aliphatic carbocycles. The van der Waals surface area contributed by atoms with Gasteiger partial charge in [-0.05, 0) is 30.3 Å². The van der Waals surface area contributed by atoms with Crippen molar-refractivity contribution >= 4 is 11.6 Å². The minimum atomic E-state index is -0.177. The van der Waals surface area contributed by atoms with Crippen molar-refractivity contribution in [1.82, 2.24) is 15.5 Å². The first-order chi connectivity index (χ1) is 14.2. The van der Waals surface area contributed by atoms with E-state index >= 15 is 0 Å². The molecule has 154 valence electrons. The van der Waals surface area contributed by atoms with Crippen molar-refractivity contribution in [2.24, 2.45) is 0 Å². The van der Waals surface area contributed by atoms with Crippen LogP contribution in [0.2, 0.25) is 0 Å². The molecule has 4 rings (SSSR count). The maximum absolute atomic E-state index is 12.4. The molecule has 0 bridgehead atoms. The number of nitrogens with zero attached hydrogens (tertiary/aromatic N) is 2. The van der Waals surface area contributed by atoms with Gasteiger partial charge in [-0.25, -0.2) is 0 Å². The lowest BCUT2D eigenvalue weighted by molar-refractivity contribution is -0.127. The number of hydrogen-bond acceptors (Lipinski definition) is 6. The summed E-state index contributed by atoms with van der Waals surface area (Å²) in [5, 5.41) is 6.69. The van der Waals surface area contributed by atoms with Gasteiger partial charge < -0.3 is 19.7 Å². The van der Waals surface area contributed by atoms with Gasteiger partial charge in [0.05, 0.1) is 14.2 Å². The van der Waals surface area contributed by atoms with Crippen LogP contribution in [0.1, 0.15) is 18.0 Å². The van der Waals surface area contributed by atoms with Gasteiger partial charge in [-0.2, -0.15) is 0 Å². The van der Waals surface area contributed by atoms with Gasteiger partial charge in [-0.15, -0.1) is 0 Å². The summed E-state index contributed by atoms with van der Waals surface area (Å²) in [5.41, 5.74) is 2.21. The fourth-order valence-corrected chi connectivity index (χ4v) is 4.07. The van der Waals surface area contributed by atoms with Crippen molar-refractivity contribution in [2.45, 2.75) is 18.8 Å². The Morgan fingerprint density at radius 1 is 0.931 bits per heavy atom. The lowest BCUT2D eigenvalue weighted by Gasteiger charge is -2.43. The number of para-hydroxylation sites is 1. The van der Waals surface area contributed by atoms with Crippen LogP contribution >= 0.6 is 0 Å². The van der Waals surface area contributed by atoms with E-state index in [1.165, 1.54) is 5.69 Å². The predicted molar refractivity (Wildman–Crippen MR) is 112 cm³/mol. The van der Waals surface area contributed by atoms with Crippen LogP contribution in [0.3, 0.4) is 0 Å². The molecule has 7 heteroatoms. The molecule has 1 amide bonds. The van der Waals surface area contributed by atoms with E-state index in [0.29, 0.717) is 6.42 Å². The third-order valence-electron chi connectivity index (χ3n) is 5.68. The number of benzene rings is 2. The Bertz CT molecular complexity index is 834. The summed E-state index contributed by atoms with van der Waals surface area (Å²) < 4.78 is 10.7. The van der Waals surface area contributed by atoms with Gasteiger partial charge in [0.15, 0.2) is 0 Å². The summed E-state index contributed by atoms with van der Waals surface area (Å²) >= 11 is 0. The van der Waals surface area contributed by atoms with E-state index in [1.807, 2.05) is 36.4 Å². The Morgan fingerprint density at radius 3 is 2.34 bits per heavy atom. The summed E-state index contributed by atoms with van der Waals surface area (Å²) in [6.07, 6.45) is 0.229. The van der Waals surface area contributed by atoms with Crippen LogP contribution in [0.15, 0.2) is 48.5 Å². The molecule has 2 fully saturated rings. The van der Waals surface area contributed by atoms with Crippen molar-refractivity contribution < 1.29 is 14.3 Å². The largest absolute Gasteiger partial charge is 0.497 e. The van der Waals surface area contributed by atoms with Crippen LogP contribution in [-0.4, -0.2) is 57.5 Å². The highest BCUT2D eigenvalue weighted by Gasteiger charge is 2.33. The van der Waals surface area contributed by atoms with Crippen molar-refractivity contribution in [2.75, 3.05) is 45.3 Å². The Kier molecular flexibility index (Phi) is 5.87. The fraction of sp³-hybridized carbons (Fsp3) is 0.409. The molecule has 2 aromatic carbocycles. The number of nitrogens with one attached hydrogen (secondary N) is 2. The molecule has 2 heterocycles. The molecule has 0 saturated carbocycles. The quantitative estimate of drug-likeness (QED) is 0.806. The fourth-order valence-electron chi connectivity index (χ4n) is 4.07. The maximum atomic E-state index is 12.4. The van der Waals surface area contributed by atoms with Crippen molar-refractivity contribution in [1.29, 1.82) is 0 Å². The summed E-state index contributed by atoms with van der Waals surface area (Å²) in [4.78, 5) is 17.1. The minimum Gasteiger partial charge on any atom is -0.497 e. The number of carbonyl (C=O) groups excluding carboxylic acids is 1. The molecule has 2 saturated heterocycles. The first-order valence-corrected chi connectivity index (χ1v) is 9.99. The zero-order valence-electron chi connectivity index (χ0n) is 16.9. The third kappa shape index (κ3) is 4.31. The lowest BCUT2D eigenvalue weighted by atomic mass is 10.0. The number of carbonyl (C=O) groups is 1. The van der Waals surface area contributed by atoms with Gasteiger partial charge >= 0.3 is 0 Å².